The van der Waals surface area contributed by atoms with Gasteiger partial charge in [0.2, 0.25) is 0 Å². The van der Waals surface area contributed by atoms with Gasteiger partial charge < -0.3 is 20.1 Å². The minimum atomic E-state index is 0.548. The van der Waals surface area contributed by atoms with Crippen LogP contribution in [-0.4, -0.2) is 24.4 Å². The average molecular weight is 250 g/mol. The molecule has 0 amide bonds. The summed E-state index contributed by atoms with van der Waals surface area (Å²) in [5, 5.41) is 7.04. The van der Waals surface area contributed by atoms with Gasteiger partial charge in [-0.1, -0.05) is 6.07 Å². The van der Waals surface area contributed by atoms with E-state index in [1.54, 1.807) is 0 Å². The van der Waals surface area contributed by atoms with E-state index in [1.807, 2.05) is 18.2 Å². The molecular formula is C12H14N2O2S. The molecule has 0 atom stereocenters. The van der Waals surface area contributed by atoms with Crippen LogP contribution in [0.25, 0.3) is 0 Å². The number of hydrogen-bond acceptors (Lipinski definition) is 3. The van der Waals surface area contributed by atoms with Gasteiger partial charge >= 0.3 is 0 Å². The first-order valence-corrected chi connectivity index (χ1v) is 6.20. The van der Waals surface area contributed by atoms with E-state index >= 15 is 0 Å². The monoisotopic (exact) mass is 250 g/mol. The fourth-order valence-corrected chi connectivity index (χ4v) is 2.02. The molecule has 0 bridgehead atoms. The first-order valence-electron chi connectivity index (χ1n) is 5.79. The van der Waals surface area contributed by atoms with Crippen LogP contribution in [0.5, 0.6) is 11.5 Å². The molecule has 2 N–H and O–H groups in total. The summed E-state index contributed by atoms with van der Waals surface area (Å²) in [5.41, 5.74) is 0.861. The van der Waals surface area contributed by atoms with E-state index in [-0.39, 0.29) is 0 Å². The van der Waals surface area contributed by atoms with Crippen LogP contribution in [0, 0.1) is 0 Å². The molecule has 1 aromatic rings. The van der Waals surface area contributed by atoms with Gasteiger partial charge in [0.25, 0.3) is 0 Å². The summed E-state index contributed by atoms with van der Waals surface area (Å²) < 4.78 is 11.1. The molecule has 0 saturated heterocycles. The Morgan fingerprint density at radius 2 is 2.06 bits per heavy atom. The lowest BCUT2D eigenvalue weighted by Gasteiger charge is -2.21. The summed E-state index contributed by atoms with van der Waals surface area (Å²) in [7, 11) is 0. The summed E-state index contributed by atoms with van der Waals surface area (Å²) in [4.78, 5) is 0. The fourth-order valence-electron chi connectivity index (χ4n) is 1.74. The van der Waals surface area contributed by atoms with Gasteiger partial charge in [-0.2, -0.15) is 0 Å². The second kappa shape index (κ2) is 4.41. The van der Waals surface area contributed by atoms with Crippen molar-refractivity contribution in [1.82, 2.24) is 5.32 Å². The first kappa shape index (κ1) is 10.7. The van der Waals surface area contributed by atoms with Crippen LogP contribution >= 0.6 is 12.2 Å². The highest BCUT2D eigenvalue weighted by Gasteiger charge is 2.22. The van der Waals surface area contributed by atoms with Crippen molar-refractivity contribution >= 4 is 23.0 Å². The smallest absolute Gasteiger partial charge is 0.184 e. The number of hydrogen-bond donors (Lipinski definition) is 2. The second-order valence-electron chi connectivity index (χ2n) is 4.20. The molecule has 17 heavy (non-hydrogen) atoms. The van der Waals surface area contributed by atoms with Gasteiger partial charge in [-0.3, -0.25) is 0 Å². The minimum Gasteiger partial charge on any atom is -0.486 e. The van der Waals surface area contributed by atoms with Gasteiger partial charge in [0, 0.05) is 6.04 Å². The lowest BCUT2D eigenvalue weighted by Crippen LogP contribution is -2.30. The molecule has 5 heteroatoms. The van der Waals surface area contributed by atoms with Gasteiger partial charge in [-0.05, 0) is 37.2 Å². The molecule has 3 rings (SSSR count). The number of thiocarbonyl (C=S) groups is 1. The topological polar surface area (TPSA) is 42.5 Å². The van der Waals surface area contributed by atoms with Gasteiger partial charge in [0.15, 0.2) is 16.6 Å². The molecule has 1 heterocycles. The van der Waals surface area contributed by atoms with Crippen LogP contribution in [0.4, 0.5) is 5.69 Å². The summed E-state index contributed by atoms with van der Waals surface area (Å²) in [6.07, 6.45) is 2.41. The van der Waals surface area contributed by atoms with E-state index in [9.17, 15) is 0 Å². The van der Waals surface area contributed by atoms with E-state index in [1.165, 1.54) is 12.8 Å². The van der Waals surface area contributed by atoms with Gasteiger partial charge in [0.1, 0.15) is 13.2 Å². The Labute approximate surface area is 105 Å². The number of anilines is 1. The molecule has 1 saturated carbocycles. The summed E-state index contributed by atoms with van der Waals surface area (Å²) >= 11 is 5.24. The molecule has 90 valence electrons. The third-order valence-electron chi connectivity index (χ3n) is 2.73. The number of para-hydroxylation sites is 1. The van der Waals surface area contributed by atoms with Crippen molar-refractivity contribution in [1.29, 1.82) is 0 Å². The third kappa shape index (κ3) is 2.44. The zero-order chi connectivity index (χ0) is 11.7. The molecule has 1 aromatic carbocycles. The average Bonchev–Trinajstić information content (AvgIpc) is 3.13. The normalized spacial score (nSPS) is 17.4. The quantitative estimate of drug-likeness (QED) is 0.785. The van der Waals surface area contributed by atoms with Crippen molar-refractivity contribution in [2.24, 2.45) is 0 Å². The van der Waals surface area contributed by atoms with E-state index in [4.69, 9.17) is 21.7 Å². The number of nitrogens with one attached hydrogen (secondary N) is 2. The number of ether oxygens (including phenoxy) is 2. The molecule has 4 nitrogen and oxygen atoms in total. The molecular weight excluding hydrogens is 236 g/mol. The van der Waals surface area contributed by atoms with Crippen molar-refractivity contribution in [3.05, 3.63) is 18.2 Å². The maximum Gasteiger partial charge on any atom is 0.184 e. The Kier molecular flexibility index (Phi) is 2.76. The first-order chi connectivity index (χ1) is 8.33. The van der Waals surface area contributed by atoms with E-state index in [0.717, 1.165) is 17.2 Å². The molecule has 0 unspecified atom stereocenters. The van der Waals surface area contributed by atoms with Crippen LogP contribution < -0.4 is 20.1 Å². The van der Waals surface area contributed by atoms with Crippen LogP contribution in [0.3, 0.4) is 0 Å². The van der Waals surface area contributed by atoms with E-state index in [2.05, 4.69) is 10.6 Å². The highest BCUT2D eigenvalue weighted by Crippen LogP contribution is 2.37. The van der Waals surface area contributed by atoms with Crippen LogP contribution in [0.15, 0.2) is 18.2 Å². The van der Waals surface area contributed by atoms with Crippen molar-refractivity contribution in [2.45, 2.75) is 18.9 Å². The van der Waals surface area contributed by atoms with Crippen molar-refractivity contribution in [3.8, 4) is 11.5 Å². The summed E-state index contributed by atoms with van der Waals surface area (Å²) in [5.74, 6) is 1.52. The Bertz CT molecular complexity index is 446. The molecule has 0 aromatic heterocycles. The van der Waals surface area contributed by atoms with Crippen LogP contribution in [-0.2, 0) is 0 Å². The van der Waals surface area contributed by atoms with Crippen LogP contribution in [0.1, 0.15) is 12.8 Å². The zero-order valence-electron chi connectivity index (χ0n) is 9.36. The summed E-state index contributed by atoms with van der Waals surface area (Å²) in [6.45, 7) is 1.18. The molecule has 1 aliphatic carbocycles. The zero-order valence-corrected chi connectivity index (χ0v) is 10.2. The van der Waals surface area contributed by atoms with E-state index in [0.29, 0.717) is 24.4 Å². The van der Waals surface area contributed by atoms with Crippen molar-refractivity contribution in [3.63, 3.8) is 0 Å². The third-order valence-corrected chi connectivity index (χ3v) is 2.95. The largest absolute Gasteiger partial charge is 0.486 e. The molecule has 1 aliphatic heterocycles. The lowest BCUT2D eigenvalue weighted by molar-refractivity contribution is 0.172. The Hall–Kier alpha value is -1.49. The maximum atomic E-state index is 5.60. The number of benzene rings is 1. The maximum absolute atomic E-state index is 5.60. The Balaban J connectivity index is 1.75. The predicted molar refractivity (Wildman–Crippen MR) is 69.8 cm³/mol. The van der Waals surface area contributed by atoms with E-state index < -0.39 is 0 Å². The molecule has 1 fully saturated rings. The highest BCUT2D eigenvalue weighted by molar-refractivity contribution is 7.80. The van der Waals surface area contributed by atoms with Crippen LogP contribution in [0.2, 0.25) is 0 Å². The number of rotatable bonds is 2. The van der Waals surface area contributed by atoms with Crippen molar-refractivity contribution in [2.75, 3.05) is 18.5 Å². The SMILES string of the molecule is S=C(Nc1cccc2c1OCCO2)NC1CC1. The molecule has 0 radical (unpaired) electrons. The summed E-state index contributed by atoms with van der Waals surface area (Å²) in [6, 6.07) is 6.31. The second-order valence-corrected chi connectivity index (χ2v) is 4.61. The van der Waals surface area contributed by atoms with Crippen molar-refractivity contribution < 1.29 is 9.47 Å². The fraction of sp³-hybridized carbons (Fsp3) is 0.417. The van der Waals surface area contributed by atoms with Gasteiger partial charge in [-0.25, -0.2) is 0 Å². The Morgan fingerprint density at radius 1 is 1.24 bits per heavy atom. The molecule has 2 aliphatic rings. The Morgan fingerprint density at radius 3 is 2.88 bits per heavy atom. The number of fused-ring (bicyclic) bond motifs is 1. The molecule has 0 spiro atoms. The minimum absolute atomic E-state index is 0.548. The standard InChI is InChI=1S/C12H14N2O2S/c17-12(13-8-4-5-8)14-9-2-1-3-10-11(9)16-7-6-15-10/h1-3,8H,4-7H2,(H2,13,14,17). The van der Waals surface area contributed by atoms with Gasteiger partial charge in [0.05, 0.1) is 5.69 Å². The predicted octanol–water partition coefficient (Wildman–Crippen LogP) is 1.91. The van der Waals surface area contributed by atoms with Gasteiger partial charge in [-0.15, -0.1) is 0 Å². The highest BCUT2D eigenvalue weighted by atomic mass is 32.1. The lowest BCUT2D eigenvalue weighted by atomic mass is 10.2.